The average Bonchev–Trinajstić information content (AvgIpc) is 2.35. The van der Waals surface area contributed by atoms with Crippen LogP contribution >= 0.6 is 0 Å². The number of carboxylic acid groups (broad SMARTS) is 1. The van der Waals surface area contributed by atoms with Crippen LogP contribution in [-0.4, -0.2) is 30.1 Å². The van der Waals surface area contributed by atoms with Crippen molar-refractivity contribution in [2.75, 3.05) is 13.1 Å². The molecule has 0 spiro atoms. The molecule has 1 atom stereocenters. The van der Waals surface area contributed by atoms with E-state index in [0.717, 1.165) is 12.8 Å². The largest absolute Gasteiger partial charge is 0.481 e. The molecule has 0 saturated heterocycles. The summed E-state index contributed by atoms with van der Waals surface area (Å²) >= 11 is 0. The molecule has 21 heavy (non-hydrogen) atoms. The van der Waals surface area contributed by atoms with Crippen molar-refractivity contribution in [1.82, 2.24) is 5.32 Å². The number of rotatable bonds is 11. The van der Waals surface area contributed by atoms with Crippen molar-refractivity contribution >= 4 is 11.9 Å². The molecule has 5 nitrogen and oxygen atoms in total. The van der Waals surface area contributed by atoms with Crippen LogP contribution in [-0.2, 0) is 9.59 Å². The minimum absolute atomic E-state index is 0.0418. The maximum absolute atomic E-state index is 11.9. The molecule has 0 aliphatic rings. The standard InChI is InChI=1S/C16H32N2O3/c1-12(2)9-13(11-17)10-14(19)18-8-7-16(3,4)6-5-15(20)21/h12-13H,5-11,17H2,1-4H3,(H,18,19)(H,20,21)/t13-/m0/s1. The van der Waals surface area contributed by atoms with Crippen LogP contribution in [0.3, 0.4) is 0 Å². The van der Waals surface area contributed by atoms with Crippen molar-refractivity contribution in [2.24, 2.45) is 23.0 Å². The minimum Gasteiger partial charge on any atom is -0.481 e. The topological polar surface area (TPSA) is 92.4 Å². The highest BCUT2D eigenvalue weighted by molar-refractivity contribution is 5.76. The van der Waals surface area contributed by atoms with Crippen LogP contribution in [0.1, 0.15) is 59.8 Å². The zero-order chi connectivity index (χ0) is 16.5. The summed E-state index contributed by atoms with van der Waals surface area (Å²) < 4.78 is 0. The van der Waals surface area contributed by atoms with Gasteiger partial charge in [-0.2, -0.15) is 0 Å². The molecule has 5 heteroatoms. The molecule has 124 valence electrons. The molecule has 0 unspecified atom stereocenters. The van der Waals surface area contributed by atoms with Crippen molar-refractivity contribution in [1.29, 1.82) is 0 Å². The molecule has 1 amide bonds. The number of hydrogen-bond acceptors (Lipinski definition) is 3. The summed E-state index contributed by atoms with van der Waals surface area (Å²) in [5.41, 5.74) is 5.63. The van der Waals surface area contributed by atoms with Gasteiger partial charge in [0.15, 0.2) is 0 Å². The van der Waals surface area contributed by atoms with Crippen molar-refractivity contribution in [3.8, 4) is 0 Å². The highest BCUT2D eigenvalue weighted by Gasteiger charge is 2.20. The van der Waals surface area contributed by atoms with Gasteiger partial charge >= 0.3 is 5.97 Å². The molecule has 0 bridgehead atoms. The Bertz CT molecular complexity index is 327. The van der Waals surface area contributed by atoms with Crippen LogP contribution in [0.4, 0.5) is 0 Å². The Hall–Kier alpha value is -1.10. The number of carbonyl (C=O) groups excluding carboxylic acids is 1. The SMILES string of the molecule is CC(C)C[C@H](CN)CC(=O)NCCC(C)(C)CCC(=O)O. The fourth-order valence-electron chi connectivity index (χ4n) is 2.37. The first kappa shape index (κ1) is 19.9. The van der Waals surface area contributed by atoms with E-state index in [1.54, 1.807) is 0 Å². The van der Waals surface area contributed by atoms with Crippen LogP contribution in [0.5, 0.6) is 0 Å². The normalized spacial score (nSPS) is 13.2. The monoisotopic (exact) mass is 300 g/mol. The van der Waals surface area contributed by atoms with E-state index in [-0.39, 0.29) is 23.7 Å². The van der Waals surface area contributed by atoms with E-state index in [1.165, 1.54) is 0 Å². The lowest BCUT2D eigenvalue weighted by Gasteiger charge is -2.24. The Balaban J connectivity index is 3.99. The second-order valence-corrected chi connectivity index (χ2v) is 7.09. The third-order valence-corrected chi connectivity index (χ3v) is 3.75. The van der Waals surface area contributed by atoms with Crippen LogP contribution in [0.2, 0.25) is 0 Å². The summed E-state index contributed by atoms with van der Waals surface area (Å²) in [5, 5.41) is 11.6. The Morgan fingerprint density at radius 2 is 1.86 bits per heavy atom. The second-order valence-electron chi connectivity index (χ2n) is 7.09. The van der Waals surface area contributed by atoms with Crippen molar-refractivity contribution < 1.29 is 14.7 Å². The maximum Gasteiger partial charge on any atom is 0.303 e. The number of nitrogens with two attached hydrogens (primary N) is 1. The molecule has 0 aromatic heterocycles. The predicted octanol–water partition coefficient (Wildman–Crippen LogP) is 2.39. The molecular formula is C16H32N2O3. The van der Waals surface area contributed by atoms with Crippen LogP contribution in [0.15, 0.2) is 0 Å². The van der Waals surface area contributed by atoms with Gasteiger partial charge in [0.1, 0.15) is 0 Å². The number of hydrogen-bond donors (Lipinski definition) is 3. The number of nitrogens with one attached hydrogen (secondary N) is 1. The van der Waals surface area contributed by atoms with Crippen LogP contribution in [0.25, 0.3) is 0 Å². The highest BCUT2D eigenvalue weighted by atomic mass is 16.4. The lowest BCUT2D eigenvalue weighted by molar-refractivity contribution is -0.137. The van der Waals surface area contributed by atoms with E-state index < -0.39 is 5.97 Å². The van der Waals surface area contributed by atoms with Gasteiger partial charge in [-0.05, 0) is 43.1 Å². The van der Waals surface area contributed by atoms with Gasteiger partial charge in [0.25, 0.3) is 0 Å². The minimum atomic E-state index is -0.772. The molecule has 0 heterocycles. The van der Waals surface area contributed by atoms with E-state index >= 15 is 0 Å². The fourth-order valence-corrected chi connectivity index (χ4v) is 2.37. The van der Waals surface area contributed by atoms with E-state index in [1.807, 2.05) is 13.8 Å². The van der Waals surface area contributed by atoms with Gasteiger partial charge in [-0.25, -0.2) is 0 Å². The van der Waals surface area contributed by atoms with Gasteiger partial charge in [-0.3, -0.25) is 9.59 Å². The Kier molecular flexibility index (Phi) is 9.26. The number of amides is 1. The molecule has 0 rings (SSSR count). The van der Waals surface area contributed by atoms with Gasteiger partial charge in [0.05, 0.1) is 0 Å². The number of carboxylic acids is 1. The third kappa shape index (κ3) is 11.3. The molecule has 0 aliphatic carbocycles. The van der Waals surface area contributed by atoms with E-state index in [0.29, 0.717) is 31.8 Å². The van der Waals surface area contributed by atoms with Crippen molar-refractivity contribution in [2.45, 2.75) is 59.8 Å². The highest BCUT2D eigenvalue weighted by Crippen LogP contribution is 2.26. The lowest BCUT2D eigenvalue weighted by atomic mass is 9.84. The molecule has 0 radical (unpaired) electrons. The zero-order valence-corrected chi connectivity index (χ0v) is 13.9. The van der Waals surface area contributed by atoms with Crippen LogP contribution in [0, 0.1) is 17.3 Å². The van der Waals surface area contributed by atoms with Gasteiger partial charge < -0.3 is 16.2 Å². The molecule has 0 aromatic carbocycles. The fraction of sp³-hybridized carbons (Fsp3) is 0.875. The molecule has 0 aromatic rings. The first-order chi connectivity index (χ1) is 9.66. The summed E-state index contributed by atoms with van der Waals surface area (Å²) in [5.74, 6) is 0.0537. The van der Waals surface area contributed by atoms with Crippen molar-refractivity contribution in [3.63, 3.8) is 0 Å². The molecule has 0 fully saturated rings. The molecule has 4 N–H and O–H groups in total. The molecule has 0 saturated carbocycles. The first-order valence-electron chi connectivity index (χ1n) is 7.85. The van der Waals surface area contributed by atoms with Gasteiger partial charge in [-0.15, -0.1) is 0 Å². The Morgan fingerprint density at radius 1 is 1.24 bits per heavy atom. The Labute approximate surface area is 128 Å². The zero-order valence-electron chi connectivity index (χ0n) is 13.9. The molecule has 0 aliphatic heterocycles. The molecular weight excluding hydrogens is 268 g/mol. The van der Waals surface area contributed by atoms with E-state index in [2.05, 4.69) is 19.2 Å². The van der Waals surface area contributed by atoms with E-state index in [9.17, 15) is 9.59 Å². The predicted molar refractivity (Wildman–Crippen MR) is 84.9 cm³/mol. The quantitative estimate of drug-likeness (QED) is 0.546. The summed E-state index contributed by atoms with van der Waals surface area (Å²) in [6, 6.07) is 0. The maximum atomic E-state index is 11.9. The summed E-state index contributed by atoms with van der Waals surface area (Å²) in [4.78, 5) is 22.5. The summed E-state index contributed by atoms with van der Waals surface area (Å²) in [6.45, 7) is 9.45. The number of aliphatic carboxylic acids is 1. The summed E-state index contributed by atoms with van der Waals surface area (Å²) in [6.07, 6.45) is 3.02. The average molecular weight is 300 g/mol. The lowest BCUT2D eigenvalue weighted by Crippen LogP contribution is -2.31. The second kappa shape index (κ2) is 9.77. The Morgan fingerprint density at radius 3 is 2.33 bits per heavy atom. The smallest absolute Gasteiger partial charge is 0.303 e. The first-order valence-corrected chi connectivity index (χ1v) is 7.85. The van der Waals surface area contributed by atoms with Gasteiger partial charge in [-0.1, -0.05) is 27.7 Å². The summed E-state index contributed by atoms with van der Waals surface area (Å²) in [7, 11) is 0. The van der Waals surface area contributed by atoms with Gasteiger partial charge in [0, 0.05) is 19.4 Å². The van der Waals surface area contributed by atoms with Crippen LogP contribution < -0.4 is 11.1 Å². The third-order valence-electron chi connectivity index (χ3n) is 3.75. The van der Waals surface area contributed by atoms with E-state index in [4.69, 9.17) is 10.8 Å². The van der Waals surface area contributed by atoms with Crippen molar-refractivity contribution in [3.05, 3.63) is 0 Å². The number of carbonyl (C=O) groups is 2. The van der Waals surface area contributed by atoms with Gasteiger partial charge in [0.2, 0.25) is 5.91 Å².